The number of amides is 3. The highest BCUT2D eigenvalue weighted by molar-refractivity contribution is 7.80. The van der Waals surface area contributed by atoms with Crippen molar-refractivity contribution >= 4 is 40.7 Å². The lowest BCUT2D eigenvalue weighted by Gasteiger charge is -2.24. The van der Waals surface area contributed by atoms with Crippen molar-refractivity contribution in [1.29, 1.82) is 0 Å². The van der Waals surface area contributed by atoms with E-state index in [0.717, 1.165) is 18.4 Å². The molecule has 1 aliphatic heterocycles. The molecule has 1 saturated carbocycles. The monoisotopic (exact) mass is 466 g/mol. The minimum atomic E-state index is -0.911. The second-order valence-corrected chi connectivity index (χ2v) is 8.40. The smallest absolute Gasteiger partial charge is 0.254 e. The van der Waals surface area contributed by atoms with Gasteiger partial charge in [0.05, 0.1) is 19.6 Å². The Morgan fingerprint density at radius 1 is 1.09 bits per heavy atom. The molecular weight excluding hydrogens is 440 g/mol. The van der Waals surface area contributed by atoms with Crippen LogP contribution in [0.2, 0.25) is 0 Å². The first-order chi connectivity index (χ1) is 16.0. The Labute approximate surface area is 197 Å². The number of rotatable bonds is 9. The van der Waals surface area contributed by atoms with E-state index in [9.17, 15) is 14.4 Å². The van der Waals surface area contributed by atoms with E-state index in [0.29, 0.717) is 18.0 Å². The Balaban J connectivity index is 1.47. The van der Waals surface area contributed by atoms with E-state index in [1.165, 1.54) is 9.91 Å². The molecule has 1 aliphatic carbocycles. The highest BCUT2D eigenvalue weighted by Crippen LogP contribution is 2.30. The summed E-state index contributed by atoms with van der Waals surface area (Å²) in [4.78, 5) is 39.9. The van der Waals surface area contributed by atoms with Crippen LogP contribution in [0.15, 0.2) is 54.6 Å². The number of nitrogens with zero attached hydrogens (tertiary/aromatic N) is 2. The first-order valence-corrected chi connectivity index (χ1v) is 11.4. The number of hydrogen-bond donors (Lipinski definition) is 2. The molecular formula is C24H26N4O4S. The minimum Gasteiger partial charge on any atom is -0.494 e. The van der Waals surface area contributed by atoms with Gasteiger partial charge in [0.25, 0.3) is 5.91 Å². The molecule has 1 saturated heterocycles. The summed E-state index contributed by atoms with van der Waals surface area (Å²) in [5.41, 5.74) is 4.26. The van der Waals surface area contributed by atoms with Crippen molar-refractivity contribution in [3.8, 4) is 5.75 Å². The Bertz CT molecular complexity index is 1040. The van der Waals surface area contributed by atoms with Crippen molar-refractivity contribution in [2.24, 2.45) is 5.92 Å². The van der Waals surface area contributed by atoms with Crippen LogP contribution in [-0.2, 0) is 20.9 Å². The Kier molecular flexibility index (Phi) is 6.88. The summed E-state index contributed by atoms with van der Waals surface area (Å²) in [6, 6.07) is 15.5. The van der Waals surface area contributed by atoms with Crippen molar-refractivity contribution in [3.63, 3.8) is 0 Å². The lowest BCUT2D eigenvalue weighted by atomic mass is 10.1. The van der Waals surface area contributed by atoms with Crippen molar-refractivity contribution in [2.45, 2.75) is 38.8 Å². The maximum atomic E-state index is 13.3. The molecule has 8 nitrogen and oxygen atoms in total. The second-order valence-electron chi connectivity index (χ2n) is 8.04. The molecule has 2 aromatic rings. The summed E-state index contributed by atoms with van der Waals surface area (Å²) < 4.78 is 5.41. The maximum absolute atomic E-state index is 13.3. The average molecular weight is 467 g/mol. The molecule has 172 valence electrons. The summed E-state index contributed by atoms with van der Waals surface area (Å²) in [5.74, 6) is -0.209. The summed E-state index contributed by atoms with van der Waals surface area (Å²) in [6.45, 7) is 2.72. The third-order valence-electron chi connectivity index (χ3n) is 5.49. The normalized spacial score (nSPS) is 17.8. The van der Waals surface area contributed by atoms with Crippen LogP contribution in [0, 0.1) is 5.92 Å². The Hall–Kier alpha value is -3.46. The van der Waals surface area contributed by atoms with Gasteiger partial charge in [0.1, 0.15) is 11.8 Å². The van der Waals surface area contributed by atoms with Gasteiger partial charge in [-0.1, -0.05) is 30.3 Å². The third kappa shape index (κ3) is 5.48. The van der Waals surface area contributed by atoms with Gasteiger partial charge in [-0.15, -0.1) is 0 Å². The summed E-state index contributed by atoms with van der Waals surface area (Å²) in [7, 11) is 0. The zero-order chi connectivity index (χ0) is 23.4. The van der Waals surface area contributed by atoms with E-state index in [1.54, 1.807) is 24.3 Å². The molecule has 9 heteroatoms. The predicted molar refractivity (Wildman–Crippen MR) is 127 cm³/mol. The molecule has 0 bridgehead atoms. The molecule has 0 spiro atoms. The predicted octanol–water partition coefficient (Wildman–Crippen LogP) is 2.85. The summed E-state index contributed by atoms with van der Waals surface area (Å²) in [5, 5.41) is 4.36. The zero-order valence-corrected chi connectivity index (χ0v) is 19.1. The average Bonchev–Trinajstić information content (AvgIpc) is 3.64. The van der Waals surface area contributed by atoms with Gasteiger partial charge in [-0.3, -0.25) is 24.7 Å². The van der Waals surface area contributed by atoms with E-state index in [-0.39, 0.29) is 41.7 Å². The van der Waals surface area contributed by atoms with Gasteiger partial charge in [-0.05, 0) is 61.8 Å². The van der Waals surface area contributed by atoms with Gasteiger partial charge in [0.2, 0.25) is 11.8 Å². The lowest BCUT2D eigenvalue weighted by molar-refractivity contribution is -0.133. The molecule has 33 heavy (non-hydrogen) atoms. The van der Waals surface area contributed by atoms with E-state index < -0.39 is 6.04 Å². The molecule has 0 aromatic heterocycles. The van der Waals surface area contributed by atoms with Crippen molar-refractivity contribution in [2.75, 3.05) is 11.9 Å². The molecule has 1 unspecified atom stereocenters. The first-order valence-electron chi connectivity index (χ1n) is 11.0. The number of thiocarbonyl (C=S) groups is 1. The van der Waals surface area contributed by atoms with Gasteiger partial charge in [-0.25, -0.2) is 5.01 Å². The fraction of sp³-hybridized carbons (Fsp3) is 0.333. The van der Waals surface area contributed by atoms with E-state index in [2.05, 4.69) is 10.7 Å². The second kappa shape index (κ2) is 9.99. The van der Waals surface area contributed by atoms with Crippen LogP contribution >= 0.6 is 12.2 Å². The highest BCUT2D eigenvalue weighted by atomic mass is 32.1. The van der Waals surface area contributed by atoms with Crippen LogP contribution in [0.4, 0.5) is 5.69 Å². The van der Waals surface area contributed by atoms with Gasteiger partial charge in [-0.2, -0.15) is 0 Å². The number of carbonyl (C=O) groups is 3. The van der Waals surface area contributed by atoms with Crippen LogP contribution in [0.1, 0.15) is 31.7 Å². The highest BCUT2D eigenvalue weighted by Gasteiger charge is 2.45. The number of ether oxygens (including phenoxy) is 1. The third-order valence-corrected chi connectivity index (χ3v) is 5.91. The van der Waals surface area contributed by atoms with E-state index in [4.69, 9.17) is 17.0 Å². The van der Waals surface area contributed by atoms with Gasteiger partial charge in [0.15, 0.2) is 5.11 Å². The zero-order valence-electron chi connectivity index (χ0n) is 18.3. The summed E-state index contributed by atoms with van der Waals surface area (Å²) >= 11 is 5.53. The van der Waals surface area contributed by atoms with Crippen LogP contribution in [0.25, 0.3) is 0 Å². The molecule has 2 aliphatic rings. The lowest BCUT2D eigenvalue weighted by Crippen LogP contribution is -2.50. The molecule has 2 aromatic carbocycles. The van der Waals surface area contributed by atoms with Gasteiger partial charge < -0.3 is 10.1 Å². The van der Waals surface area contributed by atoms with Gasteiger partial charge >= 0.3 is 0 Å². The Morgan fingerprint density at radius 2 is 1.79 bits per heavy atom. The molecule has 2 N–H and O–H groups in total. The van der Waals surface area contributed by atoms with Crippen molar-refractivity contribution in [3.05, 3.63) is 60.2 Å². The standard InChI is InChI=1S/C24H26N4O4S/c1-2-32-19-12-10-18(11-13-19)25-21(29)14-20-23(31)27(15-16-6-4-3-5-7-16)24(33)28(20)26-22(30)17-8-9-17/h3-7,10-13,17,20H,2,8-9,14-15H2,1H3,(H,25,29)(H,26,30). The number of hydrazine groups is 1. The number of hydrogen-bond acceptors (Lipinski definition) is 5. The van der Waals surface area contributed by atoms with Crippen LogP contribution in [0.5, 0.6) is 5.75 Å². The number of benzene rings is 2. The molecule has 3 amide bonds. The Morgan fingerprint density at radius 3 is 2.42 bits per heavy atom. The number of nitrogens with one attached hydrogen (secondary N) is 2. The topological polar surface area (TPSA) is 91.0 Å². The maximum Gasteiger partial charge on any atom is 0.254 e. The fourth-order valence-electron chi connectivity index (χ4n) is 3.61. The van der Waals surface area contributed by atoms with Gasteiger partial charge in [0, 0.05) is 11.6 Å². The molecule has 0 radical (unpaired) electrons. The first kappa shape index (κ1) is 22.7. The fourth-order valence-corrected chi connectivity index (χ4v) is 3.94. The summed E-state index contributed by atoms with van der Waals surface area (Å²) in [6.07, 6.45) is 1.48. The molecule has 4 rings (SSSR count). The number of anilines is 1. The SMILES string of the molecule is CCOc1ccc(NC(=O)CC2C(=O)N(Cc3ccccc3)C(=S)N2NC(=O)C2CC2)cc1. The molecule has 1 heterocycles. The van der Waals surface area contributed by atoms with Crippen LogP contribution < -0.4 is 15.5 Å². The molecule has 2 fully saturated rings. The van der Waals surface area contributed by atoms with Crippen LogP contribution in [0.3, 0.4) is 0 Å². The van der Waals surface area contributed by atoms with Crippen LogP contribution in [-0.4, -0.2) is 45.4 Å². The quantitative estimate of drug-likeness (QED) is 0.553. The largest absolute Gasteiger partial charge is 0.494 e. The molecule has 1 atom stereocenters. The number of carbonyl (C=O) groups excluding carboxylic acids is 3. The van der Waals surface area contributed by atoms with E-state index >= 15 is 0 Å². The van der Waals surface area contributed by atoms with Crippen molar-refractivity contribution < 1.29 is 19.1 Å². The van der Waals surface area contributed by atoms with E-state index in [1.807, 2.05) is 37.3 Å². The minimum absolute atomic E-state index is 0.0654. The van der Waals surface area contributed by atoms with Crippen molar-refractivity contribution in [1.82, 2.24) is 15.3 Å².